The number of hydrogen-bond acceptors (Lipinski definition) is 2. The van der Waals surface area contributed by atoms with Crippen LogP contribution in [0.2, 0.25) is 0 Å². The molecule has 1 heterocycles. The van der Waals surface area contributed by atoms with Gasteiger partial charge in [-0.3, -0.25) is 0 Å². The summed E-state index contributed by atoms with van der Waals surface area (Å²) in [6.07, 6.45) is 7.19. The zero-order valence-corrected chi connectivity index (χ0v) is 10.1. The van der Waals surface area contributed by atoms with Gasteiger partial charge in [-0.05, 0) is 49.1 Å². The molecule has 2 fully saturated rings. The van der Waals surface area contributed by atoms with Crippen LogP contribution in [0.15, 0.2) is 0 Å². The minimum absolute atomic E-state index is 0.837. The normalized spacial score (nSPS) is 34.9. The molecule has 0 radical (unpaired) electrons. The summed E-state index contributed by atoms with van der Waals surface area (Å²) in [7, 11) is 0. The lowest BCUT2D eigenvalue weighted by molar-refractivity contribution is 0.358. The maximum Gasteiger partial charge on any atom is 0.00828 e. The SMILES string of the molecule is CC1CCCC1CNC1CCSCC1. The van der Waals surface area contributed by atoms with Crippen molar-refractivity contribution in [2.75, 3.05) is 18.1 Å². The molecule has 1 N–H and O–H groups in total. The Hall–Kier alpha value is 0.310. The summed E-state index contributed by atoms with van der Waals surface area (Å²) in [5, 5.41) is 3.78. The number of rotatable bonds is 3. The molecule has 0 amide bonds. The third-order valence-electron chi connectivity index (χ3n) is 3.93. The van der Waals surface area contributed by atoms with E-state index < -0.39 is 0 Å². The average molecular weight is 213 g/mol. The number of thioether (sulfide) groups is 1. The fourth-order valence-corrected chi connectivity index (χ4v) is 3.85. The number of nitrogens with one attached hydrogen (secondary N) is 1. The van der Waals surface area contributed by atoms with Gasteiger partial charge in [-0.1, -0.05) is 19.8 Å². The van der Waals surface area contributed by atoms with Crippen LogP contribution in [0.1, 0.15) is 39.0 Å². The lowest BCUT2D eigenvalue weighted by Crippen LogP contribution is -2.36. The van der Waals surface area contributed by atoms with Gasteiger partial charge in [0.1, 0.15) is 0 Å². The first-order valence-electron chi connectivity index (χ1n) is 6.17. The first kappa shape index (κ1) is 10.8. The molecule has 2 aliphatic rings. The van der Waals surface area contributed by atoms with Crippen LogP contribution in [-0.2, 0) is 0 Å². The van der Waals surface area contributed by atoms with E-state index in [0.717, 1.165) is 17.9 Å². The van der Waals surface area contributed by atoms with Crippen molar-refractivity contribution < 1.29 is 0 Å². The topological polar surface area (TPSA) is 12.0 Å². The van der Waals surface area contributed by atoms with Crippen molar-refractivity contribution in [3.63, 3.8) is 0 Å². The predicted octanol–water partition coefficient (Wildman–Crippen LogP) is 2.91. The molecule has 2 rings (SSSR count). The zero-order chi connectivity index (χ0) is 9.80. The van der Waals surface area contributed by atoms with Crippen LogP contribution in [0.5, 0.6) is 0 Å². The van der Waals surface area contributed by atoms with E-state index in [-0.39, 0.29) is 0 Å². The molecule has 14 heavy (non-hydrogen) atoms. The van der Waals surface area contributed by atoms with Gasteiger partial charge in [-0.25, -0.2) is 0 Å². The second-order valence-electron chi connectivity index (χ2n) is 4.96. The van der Waals surface area contributed by atoms with Crippen LogP contribution >= 0.6 is 11.8 Å². The summed E-state index contributed by atoms with van der Waals surface area (Å²) >= 11 is 2.12. The molecule has 1 saturated carbocycles. The second kappa shape index (κ2) is 5.41. The monoisotopic (exact) mass is 213 g/mol. The molecule has 1 aliphatic heterocycles. The van der Waals surface area contributed by atoms with E-state index in [4.69, 9.17) is 0 Å². The van der Waals surface area contributed by atoms with Gasteiger partial charge < -0.3 is 5.32 Å². The molecular formula is C12H23NS. The van der Waals surface area contributed by atoms with Crippen molar-refractivity contribution >= 4 is 11.8 Å². The van der Waals surface area contributed by atoms with Crippen LogP contribution in [-0.4, -0.2) is 24.1 Å². The quantitative estimate of drug-likeness (QED) is 0.773. The third-order valence-corrected chi connectivity index (χ3v) is 4.98. The molecule has 2 unspecified atom stereocenters. The van der Waals surface area contributed by atoms with Crippen LogP contribution in [0.3, 0.4) is 0 Å². The van der Waals surface area contributed by atoms with Crippen LogP contribution in [0, 0.1) is 11.8 Å². The lowest BCUT2D eigenvalue weighted by Gasteiger charge is -2.25. The molecule has 1 saturated heterocycles. The molecule has 0 aromatic rings. The maximum absolute atomic E-state index is 3.78. The Bertz CT molecular complexity index is 166. The van der Waals surface area contributed by atoms with Gasteiger partial charge in [-0.2, -0.15) is 11.8 Å². The van der Waals surface area contributed by atoms with E-state index in [0.29, 0.717) is 0 Å². The van der Waals surface area contributed by atoms with Gasteiger partial charge >= 0.3 is 0 Å². The highest BCUT2D eigenvalue weighted by molar-refractivity contribution is 7.99. The predicted molar refractivity (Wildman–Crippen MR) is 64.9 cm³/mol. The Morgan fingerprint density at radius 1 is 1.14 bits per heavy atom. The summed E-state index contributed by atoms with van der Waals surface area (Å²) in [6.45, 7) is 3.71. The van der Waals surface area contributed by atoms with Crippen molar-refractivity contribution in [2.24, 2.45) is 11.8 Å². The Morgan fingerprint density at radius 2 is 1.93 bits per heavy atom. The van der Waals surface area contributed by atoms with Crippen LogP contribution in [0.4, 0.5) is 0 Å². The van der Waals surface area contributed by atoms with Gasteiger partial charge in [0.15, 0.2) is 0 Å². The summed E-state index contributed by atoms with van der Waals surface area (Å²) in [6, 6.07) is 0.837. The molecule has 0 bridgehead atoms. The third kappa shape index (κ3) is 2.90. The van der Waals surface area contributed by atoms with Crippen molar-refractivity contribution in [3.8, 4) is 0 Å². The standard InChI is InChI=1S/C12H23NS/c1-10-3-2-4-11(10)9-13-12-5-7-14-8-6-12/h10-13H,2-9H2,1H3. The Kier molecular flexibility index (Phi) is 4.18. The second-order valence-corrected chi connectivity index (χ2v) is 6.19. The first-order valence-corrected chi connectivity index (χ1v) is 7.33. The van der Waals surface area contributed by atoms with Crippen molar-refractivity contribution in [1.29, 1.82) is 0 Å². The molecule has 1 aliphatic carbocycles. The smallest absolute Gasteiger partial charge is 0.00828 e. The fourth-order valence-electron chi connectivity index (χ4n) is 2.75. The Balaban J connectivity index is 1.65. The molecule has 0 aromatic heterocycles. The molecule has 0 aromatic carbocycles. The molecule has 1 nitrogen and oxygen atoms in total. The van der Waals surface area contributed by atoms with Gasteiger partial charge in [0.05, 0.1) is 0 Å². The van der Waals surface area contributed by atoms with Crippen LogP contribution in [0.25, 0.3) is 0 Å². The summed E-state index contributed by atoms with van der Waals surface area (Å²) < 4.78 is 0. The van der Waals surface area contributed by atoms with Crippen molar-refractivity contribution in [1.82, 2.24) is 5.32 Å². The summed E-state index contributed by atoms with van der Waals surface area (Å²) in [5.74, 6) is 4.69. The van der Waals surface area contributed by atoms with Gasteiger partial charge in [-0.15, -0.1) is 0 Å². The first-order chi connectivity index (χ1) is 6.86. The minimum Gasteiger partial charge on any atom is -0.314 e. The van der Waals surface area contributed by atoms with Gasteiger partial charge in [0.25, 0.3) is 0 Å². The molecule has 82 valence electrons. The highest BCUT2D eigenvalue weighted by Crippen LogP contribution is 2.30. The molecular weight excluding hydrogens is 190 g/mol. The fraction of sp³-hybridized carbons (Fsp3) is 1.00. The average Bonchev–Trinajstić information content (AvgIpc) is 2.63. The van der Waals surface area contributed by atoms with E-state index in [9.17, 15) is 0 Å². The molecule has 2 heteroatoms. The summed E-state index contributed by atoms with van der Waals surface area (Å²) in [4.78, 5) is 0. The van der Waals surface area contributed by atoms with Crippen molar-refractivity contribution in [2.45, 2.75) is 45.1 Å². The molecule has 2 atom stereocenters. The largest absolute Gasteiger partial charge is 0.314 e. The van der Waals surface area contributed by atoms with E-state index >= 15 is 0 Å². The van der Waals surface area contributed by atoms with E-state index in [1.54, 1.807) is 0 Å². The highest BCUT2D eigenvalue weighted by atomic mass is 32.2. The Labute approximate surface area is 92.4 Å². The van der Waals surface area contributed by atoms with E-state index in [1.807, 2.05) is 0 Å². The van der Waals surface area contributed by atoms with Crippen LogP contribution < -0.4 is 5.32 Å². The lowest BCUT2D eigenvalue weighted by atomic mass is 9.97. The Morgan fingerprint density at radius 3 is 2.57 bits per heavy atom. The van der Waals surface area contributed by atoms with E-state index in [1.165, 1.54) is 50.2 Å². The minimum atomic E-state index is 0.837. The van der Waals surface area contributed by atoms with Gasteiger partial charge in [0.2, 0.25) is 0 Å². The highest BCUT2D eigenvalue weighted by Gasteiger charge is 2.24. The zero-order valence-electron chi connectivity index (χ0n) is 9.30. The van der Waals surface area contributed by atoms with E-state index in [2.05, 4.69) is 24.0 Å². The molecule has 0 spiro atoms. The number of hydrogen-bond donors (Lipinski definition) is 1. The summed E-state index contributed by atoms with van der Waals surface area (Å²) in [5.41, 5.74) is 0. The maximum atomic E-state index is 3.78. The van der Waals surface area contributed by atoms with Crippen molar-refractivity contribution in [3.05, 3.63) is 0 Å². The van der Waals surface area contributed by atoms with Gasteiger partial charge in [0, 0.05) is 6.04 Å².